The average Bonchev–Trinajstić information content (AvgIpc) is 2.55. The maximum atomic E-state index is 4.49. The van der Waals surface area contributed by atoms with Crippen molar-refractivity contribution in [2.75, 3.05) is 0 Å². The van der Waals surface area contributed by atoms with Gasteiger partial charge in [0.2, 0.25) is 0 Å². The summed E-state index contributed by atoms with van der Waals surface area (Å²) in [5.41, 5.74) is 0. The van der Waals surface area contributed by atoms with Crippen LogP contribution in [0.4, 0.5) is 0 Å². The highest BCUT2D eigenvalue weighted by Gasteiger charge is 1.99. The highest BCUT2D eigenvalue weighted by atomic mass is 32.2. The Kier molecular flexibility index (Phi) is 1.92. The summed E-state index contributed by atoms with van der Waals surface area (Å²) in [6.07, 6.45) is 4.15. The van der Waals surface area contributed by atoms with Gasteiger partial charge in [-0.15, -0.1) is 11.3 Å². The number of hydrogen-bond donors (Lipinski definition) is 0. The molecule has 0 radical (unpaired) electrons. The molecule has 1 aliphatic rings. The molecule has 14 heavy (non-hydrogen) atoms. The Hall–Kier alpha value is -1.06. The van der Waals surface area contributed by atoms with Crippen molar-refractivity contribution in [1.82, 2.24) is 0 Å². The van der Waals surface area contributed by atoms with Gasteiger partial charge in [-0.3, -0.25) is 0 Å². The van der Waals surface area contributed by atoms with Gasteiger partial charge in [0.15, 0.2) is 0 Å². The fourth-order valence-corrected chi connectivity index (χ4v) is 2.85. The minimum absolute atomic E-state index is 1.11. The first-order chi connectivity index (χ1) is 6.95. The molecule has 0 unspecified atom stereocenters. The van der Waals surface area contributed by atoms with Gasteiger partial charge in [-0.05, 0) is 22.9 Å². The molecule has 0 fully saturated rings. The molecule has 2 aromatic rings. The average molecular weight is 217 g/mol. The fraction of sp³-hybridized carbons (Fsp3) is 0. The maximum Gasteiger partial charge on any atom is 0.0876 e. The summed E-state index contributed by atoms with van der Waals surface area (Å²) in [4.78, 5) is 0. The third kappa shape index (κ3) is 1.21. The van der Waals surface area contributed by atoms with E-state index in [9.17, 15) is 0 Å². The van der Waals surface area contributed by atoms with Crippen molar-refractivity contribution < 1.29 is 0 Å². The number of thiophene rings is 1. The molecule has 0 atom stereocenters. The molecule has 0 spiro atoms. The first kappa shape index (κ1) is 8.26. The van der Waals surface area contributed by atoms with E-state index in [2.05, 4.69) is 34.1 Å². The van der Waals surface area contributed by atoms with Crippen molar-refractivity contribution in [2.45, 2.75) is 0 Å². The Labute approximate surface area is 89.6 Å². The molecule has 1 aromatic carbocycles. The molecule has 1 aromatic heterocycles. The van der Waals surface area contributed by atoms with Crippen LogP contribution in [0, 0.1) is 0 Å². The molecule has 3 rings (SSSR count). The molecule has 0 saturated heterocycles. The molecule has 0 bridgehead atoms. The quantitative estimate of drug-likeness (QED) is 0.618. The third-order valence-corrected chi connectivity index (χ3v) is 3.65. The van der Waals surface area contributed by atoms with E-state index in [1.54, 1.807) is 11.3 Å². The molecule has 0 saturated carbocycles. The second kappa shape index (κ2) is 3.26. The highest BCUT2D eigenvalue weighted by Crippen LogP contribution is 2.16. The summed E-state index contributed by atoms with van der Waals surface area (Å²) >= 11 is 3.26. The van der Waals surface area contributed by atoms with Crippen LogP contribution in [-0.4, -0.2) is 0 Å². The molecular weight excluding hydrogens is 210 g/mol. The van der Waals surface area contributed by atoms with E-state index >= 15 is 0 Å². The summed E-state index contributed by atoms with van der Waals surface area (Å²) in [5.74, 6) is 0. The molecule has 1 nitrogen and oxygen atoms in total. The zero-order valence-corrected chi connectivity index (χ0v) is 8.94. The number of allylic oxidation sites excluding steroid dienone is 1. The largest absolute Gasteiger partial charge is 0.211 e. The summed E-state index contributed by atoms with van der Waals surface area (Å²) in [6, 6.07) is 6.44. The molecule has 0 aliphatic carbocycles. The fourth-order valence-electron chi connectivity index (χ4n) is 1.54. The highest BCUT2D eigenvalue weighted by molar-refractivity contribution is 8.00. The predicted molar refractivity (Wildman–Crippen MR) is 63.8 cm³/mol. The summed E-state index contributed by atoms with van der Waals surface area (Å²) < 4.78 is 5.80. The van der Waals surface area contributed by atoms with Crippen molar-refractivity contribution in [3.63, 3.8) is 0 Å². The number of nitrogens with zero attached hydrogens (tertiary/aromatic N) is 1. The number of rotatable bonds is 0. The van der Waals surface area contributed by atoms with Crippen LogP contribution in [0.1, 0.15) is 0 Å². The van der Waals surface area contributed by atoms with E-state index < -0.39 is 0 Å². The second-order valence-electron chi connectivity index (χ2n) is 3.03. The number of fused-ring (bicyclic) bond motifs is 3. The van der Waals surface area contributed by atoms with Crippen LogP contribution in [0.5, 0.6) is 0 Å². The summed E-state index contributed by atoms with van der Waals surface area (Å²) in [5, 5.41) is 7.69. The Morgan fingerprint density at radius 3 is 3.14 bits per heavy atom. The van der Waals surface area contributed by atoms with Crippen molar-refractivity contribution in [1.29, 1.82) is 0 Å². The van der Waals surface area contributed by atoms with Gasteiger partial charge in [-0.2, -0.15) is 0 Å². The van der Waals surface area contributed by atoms with Gasteiger partial charge >= 0.3 is 0 Å². The van der Waals surface area contributed by atoms with E-state index in [0.717, 1.165) is 5.36 Å². The first-order valence-electron chi connectivity index (χ1n) is 4.32. The Morgan fingerprint density at radius 2 is 2.14 bits per heavy atom. The second-order valence-corrected chi connectivity index (χ2v) is 4.64. The lowest BCUT2D eigenvalue weighted by atomic mass is 10.2. The third-order valence-electron chi connectivity index (χ3n) is 2.20. The van der Waals surface area contributed by atoms with Crippen molar-refractivity contribution in [3.8, 4) is 0 Å². The van der Waals surface area contributed by atoms with Crippen LogP contribution in [-0.2, 0) is 0 Å². The van der Waals surface area contributed by atoms with E-state index in [1.165, 1.54) is 27.3 Å². The molecule has 2 heterocycles. The van der Waals surface area contributed by atoms with Gasteiger partial charge in [-0.1, -0.05) is 18.2 Å². The smallest absolute Gasteiger partial charge is 0.0876 e. The van der Waals surface area contributed by atoms with E-state index in [1.807, 2.05) is 11.5 Å². The molecule has 68 valence electrons. The van der Waals surface area contributed by atoms with Crippen LogP contribution in [0.3, 0.4) is 0 Å². The summed E-state index contributed by atoms with van der Waals surface area (Å²) in [6.45, 7) is 0. The molecule has 0 amide bonds. The van der Waals surface area contributed by atoms with Crippen LogP contribution >= 0.6 is 23.3 Å². The van der Waals surface area contributed by atoms with Crippen molar-refractivity contribution >= 4 is 39.4 Å². The molecule has 1 aliphatic heterocycles. The molecule has 3 heteroatoms. The van der Waals surface area contributed by atoms with E-state index in [4.69, 9.17) is 0 Å². The summed E-state index contributed by atoms with van der Waals surface area (Å²) in [7, 11) is 0. The first-order valence-corrected chi connectivity index (χ1v) is 6.04. The molecular formula is C11H7NS2. The van der Waals surface area contributed by atoms with Gasteiger partial charge in [-0.25, -0.2) is 4.40 Å². The Balaban J connectivity index is 2.58. The van der Waals surface area contributed by atoms with E-state index in [-0.39, 0.29) is 0 Å². The van der Waals surface area contributed by atoms with Crippen LogP contribution in [0.15, 0.2) is 39.5 Å². The lowest BCUT2D eigenvalue weighted by Gasteiger charge is -1.90. The lowest BCUT2D eigenvalue weighted by molar-refractivity contribution is 1.48. The van der Waals surface area contributed by atoms with Crippen LogP contribution in [0.2, 0.25) is 0 Å². The SMILES string of the molecule is C1=CSN=c2c(ccc3sccc23)=C1. The van der Waals surface area contributed by atoms with Gasteiger partial charge < -0.3 is 0 Å². The minimum atomic E-state index is 1.11. The maximum absolute atomic E-state index is 4.49. The van der Waals surface area contributed by atoms with Crippen molar-refractivity contribution in [3.05, 3.63) is 45.6 Å². The van der Waals surface area contributed by atoms with Crippen LogP contribution in [0.25, 0.3) is 16.2 Å². The topological polar surface area (TPSA) is 12.4 Å². The monoisotopic (exact) mass is 217 g/mol. The van der Waals surface area contributed by atoms with Gasteiger partial charge in [0, 0.05) is 27.3 Å². The lowest BCUT2D eigenvalue weighted by Crippen LogP contribution is -2.23. The zero-order chi connectivity index (χ0) is 9.38. The van der Waals surface area contributed by atoms with E-state index in [0.29, 0.717) is 0 Å². The number of hydrogen-bond acceptors (Lipinski definition) is 3. The number of benzene rings is 1. The predicted octanol–water partition coefficient (Wildman–Crippen LogP) is 2.48. The van der Waals surface area contributed by atoms with Gasteiger partial charge in [0.05, 0.1) is 5.36 Å². The van der Waals surface area contributed by atoms with Crippen molar-refractivity contribution in [2.24, 2.45) is 4.40 Å². The normalized spacial score (nSPS) is 14.3. The zero-order valence-electron chi connectivity index (χ0n) is 7.31. The Morgan fingerprint density at radius 1 is 1.14 bits per heavy atom. The van der Waals surface area contributed by atoms with Gasteiger partial charge in [0.25, 0.3) is 0 Å². The standard InChI is InChI=1S/C11H7NS2/c1-2-8-3-4-10-9(5-7-13-10)11(8)12-14-6-1/h1-7H. The Bertz CT molecular complexity index is 622. The van der Waals surface area contributed by atoms with Gasteiger partial charge in [0.1, 0.15) is 0 Å². The molecule has 0 N–H and O–H groups in total. The van der Waals surface area contributed by atoms with Crippen LogP contribution < -0.4 is 10.6 Å². The minimum Gasteiger partial charge on any atom is -0.211 e.